The molecule has 0 bridgehead atoms. The van der Waals surface area contributed by atoms with Crippen molar-refractivity contribution in [3.05, 3.63) is 52.1 Å². The molecule has 3 nitrogen and oxygen atoms in total. The number of hydrogen-bond donors (Lipinski definition) is 1. The number of nitrogens with zero attached hydrogens (tertiary/aromatic N) is 1. The van der Waals surface area contributed by atoms with Crippen molar-refractivity contribution < 1.29 is 4.74 Å². The number of pyridine rings is 1. The lowest BCUT2D eigenvalue weighted by Gasteiger charge is -2.08. The Balaban J connectivity index is 2.14. The Morgan fingerprint density at radius 3 is 2.79 bits per heavy atom. The van der Waals surface area contributed by atoms with Crippen LogP contribution in [-0.4, -0.2) is 11.5 Å². The number of aromatic nitrogens is 1. The topological polar surface area (TPSA) is 34.2 Å². The summed E-state index contributed by atoms with van der Waals surface area (Å²) in [6.07, 6.45) is 1.71. The molecule has 0 atom stereocenters. The van der Waals surface area contributed by atoms with Gasteiger partial charge >= 0.3 is 0 Å². The second-order valence-corrected chi connectivity index (χ2v) is 4.80. The molecule has 5 heteroatoms. The van der Waals surface area contributed by atoms with Crippen LogP contribution in [0, 0.1) is 0 Å². The highest BCUT2D eigenvalue weighted by Crippen LogP contribution is 2.30. The van der Waals surface area contributed by atoms with Crippen LogP contribution in [0.1, 0.15) is 12.5 Å². The summed E-state index contributed by atoms with van der Waals surface area (Å²) >= 11 is 11.9. The van der Waals surface area contributed by atoms with Crippen molar-refractivity contribution in [2.75, 3.05) is 6.54 Å². The maximum Gasteiger partial charge on any atom is 0.219 e. The fourth-order valence-corrected chi connectivity index (χ4v) is 2.00. The summed E-state index contributed by atoms with van der Waals surface area (Å²) in [5, 5.41) is 4.29. The lowest BCUT2D eigenvalue weighted by atomic mass is 10.2. The fraction of sp³-hybridized carbons (Fsp3) is 0.214. The van der Waals surface area contributed by atoms with Gasteiger partial charge in [0, 0.05) is 23.8 Å². The van der Waals surface area contributed by atoms with Crippen LogP contribution in [0.4, 0.5) is 0 Å². The Labute approximate surface area is 122 Å². The van der Waals surface area contributed by atoms with Crippen molar-refractivity contribution in [1.82, 2.24) is 10.3 Å². The van der Waals surface area contributed by atoms with Crippen LogP contribution in [0.5, 0.6) is 11.6 Å². The van der Waals surface area contributed by atoms with Gasteiger partial charge in [-0.3, -0.25) is 0 Å². The minimum atomic E-state index is 0.464. The van der Waals surface area contributed by atoms with E-state index in [1.165, 1.54) is 0 Å². The van der Waals surface area contributed by atoms with E-state index in [2.05, 4.69) is 17.2 Å². The van der Waals surface area contributed by atoms with E-state index in [9.17, 15) is 0 Å². The van der Waals surface area contributed by atoms with Crippen LogP contribution >= 0.6 is 23.2 Å². The van der Waals surface area contributed by atoms with Crippen LogP contribution in [0.2, 0.25) is 10.0 Å². The zero-order valence-corrected chi connectivity index (χ0v) is 12.0. The molecule has 2 rings (SSSR count). The molecule has 100 valence electrons. The highest BCUT2D eigenvalue weighted by atomic mass is 35.5. The van der Waals surface area contributed by atoms with Crippen LogP contribution in [-0.2, 0) is 6.54 Å². The van der Waals surface area contributed by atoms with Crippen molar-refractivity contribution in [2.24, 2.45) is 0 Å². The number of nitrogens with one attached hydrogen (secondary N) is 1. The maximum absolute atomic E-state index is 6.05. The zero-order valence-electron chi connectivity index (χ0n) is 10.5. The molecule has 1 N–H and O–H groups in total. The summed E-state index contributed by atoms with van der Waals surface area (Å²) in [4.78, 5) is 4.16. The summed E-state index contributed by atoms with van der Waals surface area (Å²) in [6.45, 7) is 3.76. The SMILES string of the molecule is CCNCc1ccnc(Oc2ccc(Cl)cc2Cl)c1. The predicted octanol–water partition coefficient (Wildman–Crippen LogP) is 4.29. The summed E-state index contributed by atoms with van der Waals surface area (Å²) in [7, 11) is 0. The average molecular weight is 297 g/mol. The van der Waals surface area contributed by atoms with Gasteiger partial charge in [-0.25, -0.2) is 4.98 Å². The molecule has 0 spiro atoms. The Morgan fingerprint density at radius 2 is 2.05 bits per heavy atom. The summed E-state index contributed by atoms with van der Waals surface area (Å²) in [5.74, 6) is 1.05. The third-order valence-corrected chi connectivity index (χ3v) is 3.02. The molecule has 0 aliphatic rings. The van der Waals surface area contributed by atoms with Crippen LogP contribution in [0.3, 0.4) is 0 Å². The first-order valence-corrected chi connectivity index (χ1v) is 6.73. The van der Waals surface area contributed by atoms with Gasteiger partial charge in [-0.1, -0.05) is 30.1 Å². The van der Waals surface area contributed by atoms with Gasteiger partial charge < -0.3 is 10.1 Å². The Kier molecular flexibility index (Phi) is 5.02. The first-order chi connectivity index (χ1) is 9.19. The molecule has 19 heavy (non-hydrogen) atoms. The number of hydrogen-bond acceptors (Lipinski definition) is 3. The Hall–Kier alpha value is -1.29. The lowest BCUT2D eigenvalue weighted by Crippen LogP contribution is -2.11. The standard InChI is InChI=1S/C14H14Cl2N2O/c1-2-17-9-10-5-6-18-14(7-10)19-13-4-3-11(15)8-12(13)16/h3-8,17H,2,9H2,1H3. The van der Waals surface area contributed by atoms with Gasteiger partial charge in [-0.15, -0.1) is 0 Å². The molecular weight excluding hydrogens is 283 g/mol. The van der Waals surface area contributed by atoms with E-state index in [-0.39, 0.29) is 0 Å². The van der Waals surface area contributed by atoms with Crippen LogP contribution < -0.4 is 10.1 Å². The molecule has 2 aromatic rings. The van der Waals surface area contributed by atoms with E-state index in [0.29, 0.717) is 21.7 Å². The lowest BCUT2D eigenvalue weighted by molar-refractivity contribution is 0.462. The van der Waals surface area contributed by atoms with Gasteiger partial charge in [0.15, 0.2) is 0 Å². The Bertz CT molecular complexity index is 561. The van der Waals surface area contributed by atoms with Gasteiger partial charge in [-0.2, -0.15) is 0 Å². The van der Waals surface area contributed by atoms with Gasteiger partial charge in [0.25, 0.3) is 0 Å². The molecule has 0 aliphatic heterocycles. The highest BCUT2D eigenvalue weighted by Gasteiger charge is 2.05. The Morgan fingerprint density at radius 1 is 1.21 bits per heavy atom. The van der Waals surface area contributed by atoms with Crippen molar-refractivity contribution >= 4 is 23.2 Å². The smallest absolute Gasteiger partial charge is 0.219 e. The molecule has 0 saturated heterocycles. The molecular formula is C14H14Cl2N2O. The predicted molar refractivity (Wildman–Crippen MR) is 78.2 cm³/mol. The number of benzene rings is 1. The molecule has 0 fully saturated rings. The first-order valence-electron chi connectivity index (χ1n) is 5.97. The summed E-state index contributed by atoms with van der Waals surface area (Å²) < 4.78 is 5.66. The van der Waals surface area contributed by atoms with Crippen molar-refractivity contribution in [3.8, 4) is 11.6 Å². The molecule has 0 amide bonds. The minimum Gasteiger partial charge on any atom is -0.437 e. The average Bonchev–Trinajstić information content (AvgIpc) is 2.40. The molecule has 1 heterocycles. The number of halogens is 2. The molecule has 0 unspecified atom stereocenters. The van der Waals surface area contributed by atoms with E-state index in [0.717, 1.165) is 18.7 Å². The summed E-state index contributed by atoms with van der Waals surface area (Å²) in [6, 6.07) is 8.92. The van der Waals surface area contributed by atoms with Crippen molar-refractivity contribution in [2.45, 2.75) is 13.5 Å². The fourth-order valence-electron chi connectivity index (χ4n) is 1.56. The van der Waals surface area contributed by atoms with Gasteiger partial charge in [0.05, 0.1) is 5.02 Å². The van der Waals surface area contributed by atoms with E-state index >= 15 is 0 Å². The molecule has 0 aliphatic carbocycles. The van der Waals surface area contributed by atoms with Gasteiger partial charge in [0.2, 0.25) is 5.88 Å². The maximum atomic E-state index is 6.05. The third-order valence-electron chi connectivity index (χ3n) is 2.49. The molecule has 1 aromatic carbocycles. The first kappa shape index (κ1) is 14.1. The minimum absolute atomic E-state index is 0.464. The van der Waals surface area contributed by atoms with Gasteiger partial charge in [0.1, 0.15) is 5.75 Å². The van der Waals surface area contributed by atoms with E-state index in [1.807, 2.05) is 12.1 Å². The quantitative estimate of drug-likeness (QED) is 0.894. The normalized spacial score (nSPS) is 10.5. The monoisotopic (exact) mass is 296 g/mol. The third kappa shape index (κ3) is 4.10. The van der Waals surface area contributed by atoms with Crippen molar-refractivity contribution in [1.29, 1.82) is 0 Å². The van der Waals surface area contributed by atoms with Crippen LogP contribution in [0.25, 0.3) is 0 Å². The number of rotatable bonds is 5. The highest BCUT2D eigenvalue weighted by molar-refractivity contribution is 6.35. The van der Waals surface area contributed by atoms with Gasteiger partial charge in [-0.05, 0) is 36.4 Å². The molecule has 1 aromatic heterocycles. The van der Waals surface area contributed by atoms with E-state index in [1.54, 1.807) is 24.4 Å². The largest absolute Gasteiger partial charge is 0.437 e. The number of ether oxygens (including phenoxy) is 1. The van der Waals surface area contributed by atoms with Crippen molar-refractivity contribution in [3.63, 3.8) is 0 Å². The summed E-state index contributed by atoms with van der Waals surface area (Å²) in [5.41, 5.74) is 1.11. The van der Waals surface area contributed by atoms with Crippen LogP contribution in [0.15, 0.2) is 36.5 Å². The van der Waals surface area contributed by atoms with E-state index < -0.39 is 0 Å². The second kappa shape index (κ2) is 6.75. The zero-order chi connectivity index (χ0) is 13.7. The second-order valence-electron chi connectivity index (χ2n) is 3.96. The molecule has 0 radical (unpaired) electrons. The van der Waals surface area contributed by atoms with E-state index in [4.69, 9.17) is 27.9 Å². The molecule has 0 saturated carbocycles.